The van der Waals surface area contributed by atoms with Crippen molar-refractivity contribution in [2.45, 2.75) is 23.8 Å². The first-order valence-electron chi connectivity index (χ1n) is 5.11. The van der Waals surface area contributed by atoms with Gasteiger partial charge in [0.1, 0.15) is 4.90 Å². The number of nitrogens with one attached hydrogen (secondary N) is 1. The highest BCUT2D eigenvalue weighted by molar-refractivity contribution is 7.89. The maximum absolute atomic E-state index is 12.0. The molecule has 0 unspecified atom stereocenters. The maximum Gasteiger partial charge on any atom is 0.242 e. The van der Waals surface area contributed by atoms with E-state index in [0.29, 0.717) is 0 Å². The molecule has 0 spiro atoms. The van der Waals surface area contributed by atoms with Crippen LogP contribution in [0.25, 0.3) is 0 Å². The molecule has 4 nitrogen and oxygen atoms in total. The normalized spacial score (nSPS) is 16.8. The predicted octanol–water partition coefficient (Wildman–Crippen LogP) is 1.27. The summed E-state index contributed by atoms with van der Waals surface area (Å²) in [7, 11) is -3.49. The van der Waals surface area contributed by atoms with Gasteiger partial charge in [-0.2, -0.15) is 0 Å². The number of hydrogen-bond donors (Lipinski definition) is 2. The number of nitrogens with two attached hydrogens (primary N) is 1. The number of nitrogen functional groups attached to an aromatic ring is 1. The molecule has 0 radical (unpaired) electrons. The molecule has 1 aromatic carbocycles. The third kappa shape index (κ3) is 2.25. The predicted molar refractivity (Wildman–Crippen MR) is 63.3 cm³/mol. The molecule has 86 valence electrons. The minimum absolute atomic E-state index is 0.0374. The Labute approximate surface area is 95.2 Å². The van der Waals surface area contributed by atoms with E-state index in [9.17, 15) is 8.42 Å². The summed E-state index contributed by atoms with van der Waals surface area (Å²) in [6.45, 7) is 0. The Bertz CT molecular complexity index is 500. The van der Waals surface area contributed by atoms with E-state index in [0.717, 1.165) is 12.8 Å². The summed E-state index contributed by atoms with van der Waals surface area (Å²) in [6.07, 6.45) is 5.43. The number of benzene rings is 1. The van der Waals surface area contributed by atoms with Crippen LogP contribution >= 0.6 is 0 Å². The Hall–Kier alpha value is -1.33. The minimum atomic E-state index is -3.49. The molecule has 0 aromatic heterocycles. The molecule has 1 aromatic rings. The molecule has 16 heavy (non-hydrogen) atoms. The van der Waals surface area contributed by atoms with Crippen LogP contribution < -0.4 is 10.5 Å². The second kappa shape index (κ2) is 4.27. The number of para-hydroxylation sites is 1. The van der Waals surface area contributed by atoms with Gasteiger partial charge in [0, 0.05) is 6.04 Å². The fourth-order valence-corrected chi connectivity index (χ4v) is 3.12. The summed E-state index contributed by atoms with van der Waals surface area (Å²) in [5.74, 6) is 0. The summed E-state index contributed by atoms with van der Waals surface area (Å²) in [4.78, 5) is 0.155. The molecule has 0 bridgehead atoms. The van der Waals surface area contributed by atoms with Gasteiger partial charge in [0.2, 0.25) is 10.0 Å². The lowest BCUT2D eigenvalue weighted by Gasteiger charge is -2.13. The van der Waals surface area contributed by atoms with E-state index in [1.165, 1.54) is 6.07 Å². The highest BCUT2D eigenvalue weighted by Crippen LogP contribution is 2.19. The van der Waals surface area contributed by atoms with Crippen molar-refractivity contribution in [3.63, 3.8) is 0 Å². The maximum atomic E-state index is 12.0. The lowest BCUT2D eigenvalue weighted by atomic mass is 10.3. The van der Waals surface area contributed by atoms with Crippen LogP contribution in [-0.4, -0.2) is 14.5 Å². The highest BCUT2D eigenvalue weighted by Gasteiger charge is 2.21. The average molecular weight is 238 g/mol. The quantitative estimate of drug-likeness (QED) is 0.615. The molecule has 0 saturated heterocycles. The molecule has 0 amide bonds. The fourth-order valence-electron chi connectivity index (χ4n) is 1.72. The van der Waals surface area contributed by atoms with Gasteiger partial charge in [-0.05, 0) is 25.0 Å². The van der Waals surface area contributed by atoms with Gasteiger partial charge >= 0.3 is 0 Å². The third-order valence-corrected chi connectivity index (χ3v) is 4.13. The van der Waals surface area contributed by atoms with Crippen molar-refractivity contribution in [3.05, 3.63) is 36.4 Å². The summed E-state index contributed by atoms with van der Waals surface area (Å²) >= 11 is 0. The van der Waals surface area contributed by atoms with E-state index >= 15 is 0 Å². The molecule has 3 N–H and O–H groups in total. The monoisotopic (exact) mass is 238 g/mol. The van der Waals surface area contributed by atoms with Gasteiger partial charge in [-0.25, -0.2) is 13.1 Å². The summed E-state index contributed by atoms with van der Waals surface area (Å²) in [5, 5.41) is 0. The first-order chi connectivity index (χ1) is 7.59. The molecular formula is C11H14N2O2S. The van der Waals surface area contributed by atoms with Crippen molar-refractivity contribution in [2.75, 3.05) is 5.73 Å². The van der Waals surface area contributed by atoms with Crippen LogP contribution in [0.2, 0.25) is 0 Å². The summed E-state index contributed by atoms with van der Waals surface area (Å²) in [6, 6.07) is 6.44. The lowest BCUT2D eigenvalue weighted by Crippen LogP contribution is -2.33. The van der Waals surface area contributed by atoms with E-state index in [-0.39, 0.29) is 16.6 Å². The molecular weight excluding hydrogens is 224 g/mol. The van der Waals surface area contributed by atoms with Gasteiger partial charge in [-0.15, -0.1) is 0 Å². The van der Waals surface area contributed by atoms with Crippen LogP contribution in [0.5, 0.6) is 0 Å². The zero-order chi connectivity index (χ0) is 11.6. The Kier molecular flexibility index (Phi) is 2.98. The number of sulfonamides is 1. The van der Waals surface area contributed by atoms with Gasteiger partial charge in [0.05, 0.1) is 5.69 Å². The third-order valence-electron chi connectivity index (χ3n) is 2.54. The van der Waals surface area contributed by atoms with Gasteiger partial charge in [0.25, 0.3) is 0 Å². The summed E-state index contributed by atoms with van der Waals surface area (Å²) in [5.41, 5.74) is 5.92. The molecule has 5 heteroatoms. The number of hydrogen-bond acceptors (Lipinski definition) is 3. The van der Waals surface area contributed by atoms with Gasteiger partial charge in [-0.3, -0.25) is 0 Å². The molecule has 0 aliphatic heterocycles. The SMILES string of the molecule is Nc1ccccc1S(=O)(=O)NC1CC=CC1. The fraction of sp³-hybridized carbons (Fsp3) is 0.273. The molecule has 0 saturated carbocycles. The van der Waals surface area contributed by atoms with Crippen molar-refractivity contribution in [3.8, 4) is 0 Å². The van der Waals surface area contributed by atoms with E-state index in [1.54, 1.807) is 18.2 Å². The van der Waals surface area contributed by atoms with E-state index < -0.39 is 10.0 Å². The van der Waals surface area contributed by atoms with Crippen LogP contribution in [-0.2, 0) is 10.0 Å². The molecule has 2 rings (SSSR count). The molecule has 1 aliphatic rings. The van der Waals surface area contributed by atoms with E-state index in [4.69, 9.17) is 5.73 Å². The Balaban J connectivity index is 2.22. The van der Waals surface area contributed by atoms with Crippen LogP contribution in [0.15, 0.2) is 41.3 Å². The van der Waals surface area contributed by atoms with Crippen LogP contribution in [0.3, 0.4) is 0 Å². The van der Waals surface area contributed by atoms with E-state index in [2.05, 4.69) is 4.72 Å². The van der Waals surface area contributed by atoms with Gasteiger partial charge in [-0.1, -0.05) is 24.3 Å². The summed E-state index contributed by atoms with van der Waals surface area (Å²) < 4.78 is 26.6. The first kappa shape index (κ1) is 11.2. The zero-order valence-electron chi connectivity index (χ0n) is 8.76. The number of anilines is 1. The van der Waals surface area contributed by atoms with Crippen molar-refractivity contribution in [2.24, 2.45) is 0 Å². The van der Waals surface area contributed by atoms with E-state index in [1.807, 2.05) is 12.2 Å². The van der Waals surface area contributed by atoms with Crippen molar-refractivity contribution in [1.82, 2.24) is 4.72 Å². The molecule has 1 aliphatic carbocycles. The largest absolute Gasteiger partial charge is 0.398 e. The Morgan fingerprint density at radius 3 is 2.44 bits per heavy atom. The standard InChI is InChI=1S/C11H14N2O2S/c12-10-7-3-4-8-11(10)16(14,15)13-9-5-1-2-6-9/h1-4,7-9,13H,5-6,12H2. The van der Waals surface area contributed by atoms with Crippen molar-refractivity contribution in [1.29, 1.82) is 0 Å². The molecule has 0 heterocycles. The topological polar surface area (TPSA) is 72.2 Å². The van der Waals surface area contributed by atoms with Crippen LogP contribution in [0, 0.1) is 0 Å². The van der Waals surface area contributed by atoms with Gasteiger partial charge < -0.3 is 5.73 Å². The second-order valence-corrected chi connectivity index (χ2v) is 5.48. The van der Waals surface area contributed by atoms with Crippen molar-refractivity contribution >= 4 is 15.7 Å². The molecule has 0 fully saturated rings. The number of rotatable bonds is 3. The zero-order valence-corrected chi connectivity index (χ0v) is 9.57. The minimum Gasteiger partial charge on any atom is -0.398 e. The molecule has 0 atom stereocenters. The first-order valence-corrected chi connectivity index (χ1v) is 6.60. The Morgan fingerprint density at radius 2 is 1.81 bits per heavy atom. The smallest absolute Gasteiger partial charge is 0.242 e. The second-order valence-electron chi connectivity index (χ2n) is 3.80. The van der Waals surface area contributed by atoms with Crippen molar-refractivity contribution < 1.29 is 8.42 Å². The van der Waals surface area contributed by atoms with Gasteiger partial charge in [0.15, 0.2) is 0 Å². The average Bonchev–Trinajstić information content (AvgIpc) is 2.70. The van der Waals surface area contributed by atoms with Crippen LogP contribution in [0.4, 0.5) is 5.69 Å². The van der Waals surface area contributed by atoms with Crippen LogP contribution in [0.1, 0.15) is 12.8 Å². The Morgan fingerprint density at radius 1 is 1.19 bits per heavy atom. The lowest BCUT2D eigenvalue weighted by molar-refractivity contribution is 0.558. The highest BCUT2D eigenvalue weighted by atomic mass is 32.2.